The van der Waals surface area contributed by atoms with Gasteiger partial charge in [0, 0.05) is 6.92 Å². The Bertz CT molecular complexity index is 238. The van der Waals surface area contributed by atoms with Gasteiger partial charge in [0.05, 0.1) is 18.8 Å². The fourth-order valence-corrected chi connectivity index (χ4v) is 0.905. The van der Waals surface area contributed by atoms with Crippen molar-refractivity contribution >= 4 is 11.8 Å². The molecular weight excluding hydrogens is 200 g/mol. The van der Waals surface area contributed by atoms with Crippen LogP contribution in [0.15, 0.2) is 0 Å². The lowest BCUT2D eigenvalue weighted by molar-refractivity contribution is -0.129. The number of aliphatic hydroxyl groups is 2. The topological polar surface area (TPSA) is 98.7 Å². The van der Waals surface area contributed by atoms with E-state index in [0.29, 0.717) is 0 Å². The molecule has 0 aromatic heterocycles. The van der Waals surface area contributed by atoms with E-state index in [4.69, 9.17) is 10.2 Å². The van der Waals surface area contributed by atoms with E-state index >= 15 is 0 Å². The Labute approximate surface area is 88.7 Å². The molecule has 88 valence electrons. The normalized spacial score (nSPS) is 13.1. The number of aliphatic hydroxyl groups excluding tert-OH is 2. The zero-order chi connectivity index (χ0) is 12.1. The summed E-state index contributed by atoms with van der Waals surface area (Å²) in [7, 11) is 0. The van der Waals surface area contributed by atoms with Gasteiger partial charge in [0.15, 0.2) is 0 Å². The number of amides is 2. The number of carbonyl (C=O) groups excluding carboxylic acids is 2. The van der Waals surface area contributed by atoms with Crippen LogP contribution in [0.3, 0.4) is 0 Å². The van der Waals surface area contributed by atoms with Gasteiger partial charge in [-0.05, 0) is 13.8 Å². The minimum absolute atomic E-state index is 0.313. The van der Waals surface area contributed by atoms with Crippen LogP contribution < -0.4 is 10.6 Å². The van der Waals surface area contributed by atoms with Crippen molar-refractivity contribution in [2.45, 2.75) is 32.4 Å². The monoisotopic (exact) mass is 218 g/mol. The first-order chi connectivity index (χ1) is 6.84. The highest BCUT2D eigenvalue weighted by Crippen LogP contribution is 2.01. The van der Waals surface area contributed by atoms with Crippen molar-refractivity contribution in [3.8, 4) is 0 Å². The molecule has 0 saturated carbocycles. The molecule has 1 unspecified atom stereocenters. The fourth-order valence-electron chi connectivity index (χ4n) is 0.905. The third-order valence-corrected chi connectivity index (χ3v) is 1.94. The van der Waals surface area contributed by atoms with Crippen LogP contribution in [0.25, 0.3) is 0 Å². The average molecular weight is 218 g/mol. The van der Waals surface area contributed by atoms with Crippen molar-refractivity contribution in [1.29, 1.82) is 0 Å². The first kappa shape index (κ1) is 13.9. The molecule has 0 aromatic carbocycles. The van der Waals surface area contributed by atoms with Crippen LogP contribution in [0.4, 0.5) is 0 Å². The Balaban J connectivity index is 4.28. The van der Waals surface area contributed by atoms with Gasteiger partial charge in [-0.1, -0.05) is 0 Å². The molecule has 0 fully saturated rings. The van der Waals surface area contributed by atoms with Crippen molar-refractivity contribution in [3.63, 3.8) is 0 Å². The van der Waals surface area contributed by atoms with E-state index in [0.717, 1.165) is 0 Å². The largest absolute Gasteiger partial charge is 0.394 e. The lowest BCUT2D eigenvalue weighted by atomic mass is 10.1. The highest BCUT2D eigenvalue weighted by atomic mass is 16.3. The summed E-state index contributed by atoms with van der Waals surface area (Å²) in [4.78, 5) is 22.1. The zero-order valence-electron chi connectivity index (χ0n) is 9.20. The van der Waals surface area contributed by atoms with Crippen molar-refractivity contribution in [3.05, 3.63) is 0 Å². The van der Waals surface area contributed by atoms with Gasteiger partial charge in [-0.2, -0.15) is 0 Å². The van der Waals surface area contributed by atoms with Crippen LogP contribution >= 0.6 is 0 Å². The molecule has 0 aromatic rings. The smallest absolute Gasteiger partial charge is 0.242 e. The summed E-state index contributed by atoms with van der Waals surface area (Å²) in [6, 6.07) is -0.695. The van der Waals surface area contributed by atoms with Gasteiger partial charge in [0.2, 0.25) is 11.8 Å². The average Bonchev–Trinajstić information content (AvgIpc) is 2.16. The lowest BCUT2D eigenvalue weighted by Gasteiger charge is -2.27. The summed E-state index contributed by atoms with van der Waals surface area (Å²) in [5.41, 5.74) is -1.07. The second kappa shape index (κ2) is 5.67. The Morgan fingerprint density at radius 3 is 2.13 bits per heavy atom. The first-order valence-corrected chi connectivity index (χ1v) is 4.65. The first-order valence-electron chi connectivity index (χ1n) is 4.65. The molecule has 6 nitrogen and oxygen atoms in total. The molecule has 0 rings (SSSR count). The molecular formula is C9H18N2O4. The second-order valence-electron chi connectivity index (χ2n) is 3.79. The third kappa shape index (κ3) is 4.75. The molecule has 0 heterocycles. The van der Waals surface area contributed by atoms with Crippen LogP contribution in [-0.2, 0) is 9.59 Å². The quantitative estimate of drug-likeness (QED) is 0.445. The second-order valence-corrected chi connectivity index (χ2v) is 3.79. The van der Waals surface area contributed by atoms with Gasteiger partial charge in [-0.3, -0.25) is 9.59 Å². The molecule has 2 amide bonds. The summed E-state index contributed by atoms with van der Waals surface area (Å²) in [6.45, 7) is 3.59. The predicted molar refractivity (Wildman–Crippen MR) is 54.0 cm³/mol. The highest BCUT2D eigenvalue weighted by Gasteiger charge is 2.26. The summed E-state index contributed by atoms with van der Waals surface area (Å²) in [5, 5.41) is 22.7. The summed E-state index contributed by atoms with van der Waals surface area (Å²) < 4.78 is 0. The molecule has 0 radical (unpaired) electrons. The maximum atomic E-state index is 11.5. The van der Waals surface area contributed by atoms with Crippen LogP contribution in [0.1, 0.15) is 20.8 Å². The van der Waals surface area contributed by atoms with E-state index in [9.17, 15) is 9.59 Å². The number of carbonyl (C=O) groups is 2. The Hall–Kier alpha value is -1.14. The van der Waals surface area contributed by atoms with Crippen molar-refractivity contribution in [2.24, 2.45) is 0 Å². The molecule has 0 saturated heterocycles. The van der Waals surface area contributed by atoms with Gasteiger partial charge < -0.3 is 20.8 Å². The van der Waals surface area contributed by atoms with E-state index in [-0.39, 0.29) is 19.1 Å². The molecule has 4 N–H and O–H groups in total. The Morgan fingerprint density at radius 2 is 1.80 bits per heavy atom. The maximum Gasteiger partial charge on any atom is 0.242 e. The van der Waals surface area contributed by atoms with Crippen LogP contribution in [0.2, 0.25) is 0 Å². The molecule has 0 spiro atoms. The number of hydrogen-bond donors (Lipinski definition) is 4. The minimum Gasteiger partial charge on any atom is -0.394 e. The van der Waals surface area contributed by atoms with Gasteiger partial charge >= 0.3 is 0 Å². The molecule has 0 aliphatic rings. The molecule has 0 bridgehead atoms. The number of nitrogens with one attached hydrogen (secondary N) is 2. The van der Waals surface area contributed by atoms with Crippen molar-refractivity contribution < 1.29 is 19.8 Å². The van der Waals surface area contributed by atoms with E-state index in [2.05, 4.69) is 10.6 Å². The SMILES string of the molecule is CC(=O)NC(C)C(=O)NC(C)(CO)CO. The minimum atomic E-state index is -1.07. The maximum absolute atomic E-state index is 11.5. The summed E-state index contributed by atoms with van der Waals surface area (Å²) in [5.74, 6) is -0.761. The van der Waals surface area contributed by atoms with Crippen molar-refractivity contribution in [2.75, 3.05) is 13.2 Å². The van der Waals surface area contributed by atoms with Crippen LogP contribution in [-0.4, -0.2) is 46.8 Å². The summed E-state index contributed by atoms with van der Waals surface area (Å²) >= 11 is 0. The van der Waals surface area contributed by atoms with E-state index in [1.54, 1.807) is 0 Å². The molecule has 1 atom stereocenters. The zero-order valence-corrected chi connectivity index (χ0v) is 9.20. The Kier molecular flexibility index (Phi) is 5.24. The van der Waals surface area contributed by atoms with Crippen molar-refractivity contribution in [1.82, 2.24) is 10.6 Å². The molecule has 0 aliphatic carbocycles. The van der Waals surface area contributed by atoms with E-state index in [1.165, 1.54) is 20.8 Å². The highest BCUT2D eigenvalue weighted by molar-refractivity contribution is 5.86. The number of hydrogen-bond acceptors (Lipinski definition) is 4. The van der Waals surface area contributed by atoms with Crippen LogP contribution in [0.5, 0.6) is 0 Å². The lowest BCUT2D eigenvalue weighted by Crippen LogP contribution is -2.56. The predicted octanol–water partition coefficient (Wildman–Crippen LogP) is -1.63. The summed E-state index contributed by atoms with van der Waals surface area (Å²) in [6.07, 6.45) is 0. The van der Waals surface area contributed by atoms with Gasteiger partial charge in [-0.25, -0.2) is 0 Å². The number of rotatable bonds is 5. The Morgan fingerprint density at radius 1 is 1.33 bits per heavy atom. The molecule has 15 heavy (non-hydrogen) atoms. The van der Waals surface area contributed by atoms with Gasteiger partial charge in [-0.15, -0.1) is 0 Å². The fraction of sp³-hybridized carbons (Fsp3) is 0.778. The molecule has 0 aliphatic heterocycles. The van der Waals surface area contributed by atoms with E-state index in [1.807, 2.05) is 0 Å². The third-order valence-electron chi connectivity index (χ3n) is 1.94. The van der Waals surface area contributed by atoms with Gasteiger partial charge in [0.1, 0.15) is 6.04 Å². The van der Waals surface area contributed by atoms with Gasteiger partial charge in [0.25, 0.3) is 0 Å². The standard InChI is InChI=1S/C9H18N2O4/c1-6(10-7(2)14)8(15)11-9(3,4-12)5-13/h6,12-13H,4-5H2,1-3H3,(H,10,14)(H,11,15). The molecule has 6 heteroatoms. The van der Waals surface area contributed by atoms with Crippen LogP contribution in [0, 0.1) is 0 Å². The van der Waals surface area contributed by atoms with E-state index < -0.39 is 17.5 Å².